The number of benzene rings is 2. The van der Waals surface area contributed by atoms with Gasteiger partial charge in [-0.05, 0) is 61.1 Å². The Labute approximate surface area is 192 Å². The summed E-state index contributed by atoms with van der Waals surface area (Å²) in [6.45, 7) is 2.05. The monoisotopic (exact) mass is 453 g/mol. The maximum atomic E-state index is 13.0. The van der Waals surface area contributed by atoms with Crippen molar-refractivity contribution in [2.75, 3.05) is 19.8 Å². The zero-order valence-electron chi connectivity index (χ0n) is 17.9. The van der Waals surface area contributed by atoms with Gasteiger partial charge < -0.3 is 25.1 Å². The van der Waals surface area contributed by atoms with Gasteiger partial charge in [-0.3, -0.25) is 4.79 Å². The van der Waals surface area contributed by atoms with Crippen LogP contribution in [-0.2, 0) is 15.9 Å². The van der Waals surface area contributed by atoms with Crippen LogP contribution in [0.4, 0.5) is 0 Å². The molecule has 1 amide bonds. The molecular formula is C25H28ClN3O3. The third-order valence-corrected chi connectivity index (χ3v) is 6.52. The van der Waals surface area contributed by atoms with Gasteiger partial charge in [0.1, 0.15) is 5.69 Å². The van der Waals surface area contributed by atoms with Crippen LogP contribution in [0.25, 0.3) is 10.9 Å². The molecule has 1 saturated heterocycles. The first-order valence-electron chi connectivity index (χ1n) is 11.3. The van der Waals surface area contributed by atoms with Crippen LogP contribution in [-0.4, -0.2) is 43.0 Å². The van der Waals surface area contributed by atoms with Crippen molar-refractivity contribution < 1.29 is 14.3 Å². The van der Waals surface area contributed by atoms with Gasteiger partial charge in [0.15, 0.2) is 6.29 Å². The first-order chi connectivity index (χ1) is 15.7. The molecule has 1 unspecified atom stereocenters. The number of fused-ring (bicyclic) bond motifs is 2. The number of ether oxygens (including phenoxy) is 2. The van der Waals surface area contributed by atoms with E-state index in [1.54, 1.807) is 0 Å². The minimum absolute atomic E-state index is 0.0323. The molecule has 0 spiro atoms. The van der Waals surface area contributed by atoms with E-state index < -0.39 is 0 Å². The van der Waals surface area contributed by atoms with Crippen LogP contribution < -0.4 is 10.6 Å². The Kier molecular flexibility index (Phi) is 6.46. The third kappa shape index (κ3) is 4.69. The smallest absolute Gasteiger partial charge is 0.268 e. The Morgan fingerprint density at radius 2 is 2.09 bits per heavy atom. The molecule has 3 N–H and O–H groups in total. The molecule has 2 aliphatic rings. The molecular weight excluding hydrogens is 426 g/mol. The molecule has 5 rings (SSSR count). The number of rotatable bonds is 7. The number of hydrogen-bond acceptors (Lipinski definition) is 4. The first kappa shape index (κ1) is 21.5. The van der Waals surface area contributed by atoms with Crippen molar-refractivity contribution in [3.63, 3.8) is 0 Å². The average Bonchev–Trinajstić information content (AvgIpc) is 3.38. The van der Waals surface area contributed by atoms with Crippen LogP contribution in [0.15, 0.2) is 48.5 Å². The molecule has 1 aliphatic heterocycles. The van der Waals surface area contributed by atoms with Crippen molar-refractivity contribution >= 4 is 28.4 Å². The summed E-state index contributed by atoms with van der Waals surface area (Å²) in [5.74, 6) is -0.117. The van der Waals surface area contributed by atoms with E-state index in [0.717, 1.165) is 43.2 Å². The lowest BCUT2D eigenvalue weighted by atomic mass is 10.1. The lowest BCUT2D eigenvalue weighted by Crippen LogP contribution is -2.43. The highest BCUT2D eigenvalue weighted by molar-refractivity contribution is 6.31. The molecule has 2 heterocycles. The van der Waals surface area contributed by atoms with Gasteiger partial charge in [-0.15, -0.1) is 0 Å². The first-order valence-corrected chi connectivity index (χ1v) is 11.7. The van der Waals surface area contributed by atoms with Crippen LogP contribution in [0.5, 0.6) is 0 Å². The van der Waals surface area contributed by atoms with E-state index in [9.17, 15) is 4.79 Å². The summed E-state index contributed by atoms with van der Waals surface area (Å²) < 4.78 is 11.5. The van der Waals surface area contributed by atoms with Gasteiger partial charge in [0.2, 0.25) is 0 Å². The number of H-pyrrole nitrogens is 1. The third-order valence-electron chi connectivity index (χ3n) is 6.28. The van der Waals surface area contributed by atoms with Gasteiger partial charge in [-0.1, -0.05) is 35.9 Å². The summed E-state index contributed by atoms with van der Waals surface area (Å²) in [6.07, 6.45) is 3.93. The van der Waals surface area contributed by atoms with E-state index in [1.807, 2.05) is 36.4 Å². The number of aromatic amines is 1. The second kappa shape index (κ2) is 9.63. The summed E-state index contributed by atoms with van der Waals surface area (Å²) >= 11 is 6.08. The van der Waals surface area contributed by atoms with Crippen molar-refractivity contribution in [3.05, 3.63) is 70.4 Å². The Morgan fingerprint density at radius 1 is 1.19 bits per heavy atom. The molecule has 0 bridgehead atoms. The van der Waals surface area contributed by atoms with E-state index in [1.165, 1.54) is 11.1 Å². The van der Waals surface area contributed by atoms with Crippen LogP contribution >= 0.6 is 11.6 Å². The van der Waals surface area contributed by atoms with Crippen molar-refractivity contribution in [2.45, 2.75) is 44.1 Å². The van der Waals surface area contributed by atoms with E-state index in [-0.39, 0.29) is 24.3 Å². The standard InChI is InChI=1S/C25H28ClN3O3/c26-18-8-9-20-17(13-18)15-22(28-20)25(30)29-21-14-16-5-1-2-6-19(16)24(21)27-10-12-32-23-7-3-4-11-31-23/h1-2,5-6,8-9,13,15,21,23-24,27-28H,3-4,7,10-12,14H2,(H,29,30)/t21-,23?,24+/m1/s1. The number of nitrogens with one attached hydrogen (secondary N) is 3. The van der Waals surface area contributed by atoms with Crippen molar-refractivity contribution in [3.8, 4) is 0 Å². The van der Waals surface area contributed by atoms with E-state index in [2.05, 4.69) is 27.8 Å². The van der Waals surface area contributed by atoms with Gasteiger partial charge >= 0.3 is 0 Å². The highest BCUT2D eigenvalue weighted by Gasteiger charge is 2.33. The number of carbonyl (C=O) groups excluding carboxylic acids is 1. The topological polar surface area (TPSA) is 75.4 Å². The molecule has 1 aliphatic carbocycles. The minimum atomic E-state index is -0.117. The summed E-state index contributed by atoms with van der Waals surface area (Å²) in [7, 11) is 0. The molecule has 0 radical (unpaired) electrons. The van der Waals surface area contributed by atoms with Crippen LogP contribution in [0, 0.1) is 0 Å². The molecule has 0 saturated carbocycles. The molecule has 1 aromatic heterocycles. The number of halogens is 1. The fourth-order valence-electron chi connectivity index (χ4n) is 4.70. The number of amides is 1. The lowest BCUT2D eigenvalue weighted by Gasteiger charge is -2.25. The second-order valence-corrected chi connectivity index (χ2v) is 8.93. The van der Waals surface area contributed by atoms with Gasteiger partial charge in [0.05, 0.1) is 18.7 Å². The molecule has 3 aromatic rings. The zero-order valence-corrected chi connectivity index (χ0v) is 18.7. The van der Waals surface area contributed by atoms with E-state index in [0.29, 0.717) is 23.9 Å². The number of aromatic nitrogens is 1. The average molecular weight is 454 g/mol. The van der Waals surface area contributed by atoms with Crippen LogP contribution in [0.2, 0.25) is 5.02 Å². The van der Waals surface area contributed by atoms with E-state index >= 15 is 0 Å². The Hall–Kier alpha value is -2.38. The lowest BCUT2D eigenvalue weighted by molar-refractivity contribution is -0.161. The molecule has 32 heavy (non-hydrogen) atoms. The Balaban J connectivity index is 1.24. The summed E-state index contributed by atoms with van der Waals surface area (Å²) in [4.78, 5) is 16.2. The number of carbonyl (C=O) groups is 1. The van der Waals surface area contributed by atoms with Gasteiger partial charge in [-0.2, -0.15) is 0 Å². The molecule has 3 atom stereocenters. The van der Waals surface area contributed by atoms with Crippen molar-refractivity contribution in [1.82, 2.24) is 15.6 Å². The van der Waals surface area contributed by atoms with Crippen LogP contribution in [0.3, 0.4) is 0 Å². The fraction of sp³-hybridized carbons (Fsp3) is 0.400. The van der Waals surface area contributed by atoms with Crippen molar-refractivity contribution in [1.29, 1.82) is 0 Å². The SMILES string of the molecule is O=C(N[C@@H]1Cc2ccccc2[C@@H]1NCCOC1CCCCO1)c1cc2cc(Cl)ccc2[nH]1. The normalized spacial score (nSPS) is 22.7. The van der Waals surface area contributed by atoms with Gasteiger partial charge in [-0.25, -0.2) is 0 Å². The Bertz CT molecular complexity index is 1090. The fourth-order valence-corrected chi connectivity index (χ4v) is 4.88. The predicted octanol–water partition coefficient (Wildman–Crippen LogP) is 4.35. The maximum Gasteiger partial charge on any atom is 0.268 e. The van der Waals surface area contributed by atoms with E-state index in [4.69, 9.17) is 21.1 Å². The van der Waals surface area contributed by atoms with Gasteiger partial charge in [0, 0.05) is 29.1 Å². The highest BCUT2D eigenvalue weighted by Crippen LogP contribution is 2.31. The van der Waals surface area contributed by atoms with Crippen LogP contribution in [0.1, 0.15) is 46.9 Å². The Morgan fingerprint density at radius 3 is 2.97 bits per heavy atom. The summed E-state index contributed by atoms with van der Waals surface area (Å²) in [6, 6.07) is 15.8. The summed E-state index contributed by atoms with van der Waals surface area (Å²) in [5, 5.41) is 8.40. The molecule has 6 nitrogen and oxygen atoms in total. The summed E-state index contributed by atoms with van der Waals surface area (Å²) in [5.41, 5.74) is 3.92. The minimum Gasteiger partial charge on any atom is -0.353 e. The molecule has 7 heteroatoms. The second-order valence-electron chi connectivity index (χ2n) is 8.50. The maximum absolute atomic E-state index is 13.0. The largest absolute Gasteiger partial charge is 0.353 e. The predicted molar refractivity (Wildman–Crippen MR) is 125 cm³/mol. The van der Waals surface area contributed by atoms with Crippen molar-refractivity contribution in [2.24, 2.45) is 0 Å². The number of hydrogen-bond donors (Lipinski definition) is 3. The van der Waals surface area contributed by atoms with Gasteiger partial charge in [0.25, 0.3) is 5.91 Å². The molecule has 168 valence electrons. The molecule has 2 aromatic carbocycles. The molecule has 1 fully saturated rings. The zero-order chi connectivity index (χ0) is 21.9. The highest BCUT2D eigenvalue weighted by atomic mass is 35.5. The quantitative estimate of drug-likeness (QED) is 0.465.